The Morgan fingerprint density at radius 2 is 2.06 bits per heavy atom. The number of hydrogen-bond acceptors (Lipinski definition) is 4. The average molecular weight is 227 g/mol. The van der Waals surface area contributed by atoms with Gasteiger partial charge >= 0.3 is 12.2 Å². The minimum absolute atomic E-state index is 0.0461. The van der Waals surface area contributed by atoms with Gasteiger partial charge in [0.15, 0.2) is 0 Å². The first kappa shape index (κ1) is 14.5. The van der Waals surface area contributed by atoms with Gasteiger partial charge < -0.3 is 16.0 Å². The predicted molar refractivity (Wildman–Crippen MR) is 57.7 cm³/mol. The summed E-state index contributed by atoms with van der Waals surface area (Å²) >= 11 is 0. The van der Waals surface area contributed by atoms with E-state index >= 15 is 0 Å². The van der Waals surface area contributed by atoms with E-state index in [0.29, 0.717) is 0 Å². The van der Waals surface area contributed by atoms with E-state index in [9.17, 15) is 9.59 Å². The van der Waals surface area contributed by atoms with Crippen molar-refractivity contribution in [2.75, 3.05) is 0 Å². The second kappa shape index (κ2) is 6.15. The van der Waals surface area contributed by atoms with Crippen molar-refractivity contribution in [2.45, 2.75) is 45.3 Å². The highest BCUT2D eigenvalue weighted by Crippen LogP contribution is 2.09. The van der Waals surface area contributed by atoms with E-state index in [2.05, 4.69) is 4.79 Å². The fourth-order valence-electron chi connectivity index (χ4n) is 0.922. The molecule has 16 heavy (non-hydrogen) atoms. The van der Waals surface area contributed by atoms with Crippen LogP contribution in [0.15, 0.2) is 0 Å². The third-order valence-electron chi connectivity index (χ3n) is 1.61. The van der Waals surface area contributed by atoms with Crippen LogP contribution in [0.3, 0.4) is 0 Å². The molecule has 0 fully saturated rings. The molecule has 0 aliphatic rings. The van der Waals surface area contributed by atoms with E-state index in [0.717, 1.165) is 6.21 Å². The van der Waals surface area contributed by atoms with E-state index in [1.165, 1.54) is 0 Å². The molecule has 0 amide bonds. The Hall–Kier alpha value is -1.52. The van der Waals surface area contributed by atoms with E-state index in [4.69, 9.17) is 16.0 Å². The Bertz CT molecular complexity index is 314. The molecule has 2 N–H and O–H groups in total. The Labute approximate surface area is 94.4 Å². The zero-order valence-electron chi connectivity index (χ0n) is 9.77. The van der Waals surface area contributed by atoms with Gasteiger partial charge in [0, 0.05) is 6.42 Å². The summed E-state index contributed by atoms with van der Waals surface area (Å²) in [6.45, 7) is 5.21. The highest BCUT2D eigenvalue weighted by Gasteiger charge is 2.22. The van der Waals surface area contributed by atoms with Crippen LogP contribution in [0.4, 0.5) is 0 Å². The van der Waals surface area contributed by atoms with Crippen molar-refractivity contribution in [3.8, 4) is 0 Å². The number of esters is 1. The van der Waals surface area contributed by atoms with Crippen LogP contribution in [-0.2, 0) is 14.3 Å². The normalized spacial score (nSPS) is 12.5. The van der Waals surface area contributed by atoms with Gasteiger partial charge in [0.2, 0.25) is 5.78 Å². The standard InChI is InChI=1S/C10H17N3O3/c1-10(2,3)16-9(15)8(11)5-4-7(14)6-13-12/h6,8H,4-5,11H2,1-3H3/t8-/m0/s1. The van der Waals surface area contributed by atoms with Crippen molar-refractivity contribution in [2.24, 2.45) is 5.73 Å². The summed E-state index contributed by atoms with van der Waals surface area (Å²) in [4.78, 5) is 24.9. The molecule has 6 nitrogen and oxygen atoms in total. The summed E-state index contributed by atoms with van der Waals surface area (Å²) in [5, 5.41) is 0. The predicted octanol–water partition coefficient (Wildman–Crippen LogP) is 0.305. The SMILES string of the molecule is CC(C)(C)OC(=O)[C@@H](N)CCC(=O)C=[N+]=[N-]. The molecular weight excluding hydrogens is 210 g/mol. The van der Waals surface area contributed by atoms with E-state index in [1.807, 2.05) is 0 Å². The summed E-state index contributed by atoms with van der Waals surface area (Å²) < 4.78 is 5.03. The first-order valence-corrected chi connectivity index (χ1v) is 4.95. The number of ketones is 1. The number of carbonyl (C=O) groups excluding carboxylic acids is 2. The van der Waals surface area contributed by atoms with Gasteiger partial charge in [-0.2, -0.15) is 4.79 Å². The highest BCUT2D eigenvalue weighted by molar-refractivity contribution is 6.25. The maximum Gasteiger partial charge on any atom is 0.323 e. The third-order valence-corrected chi connectivity index (χ3v) is 1.61. The van der Waals surface area contributed by atoms with Crippen LogP contribution in [0, 0.1) is 0 Å². The fourth-order valence-corrected chi connectivity index (χ4v) is 0.922. The van der Waals surface area contributed by atoms with Crippen LogP contribution >= 0.6 is 0 Å². The number of ether oxygens (including phenoxy) is 1. The summed E-state index contributed by atoms with van der Waals surface area (Å²) in [6, 6.07) is -0.838. The Morgan fingerprint density at radius 3 is 2.50 bits per heavy atom. The van der Waals surface area contributed by atoms with Crippen molar-refractivity contribution in [3.05, 3.63) is 5.53 Å². The summed E-state index contributed by atoms with van der Waals surface area (Å²) in [6.07, 6.45) is 0.992. The van der Waals surface area contributed by atoms with Crippen molar-refractivity contribution in [1.82, 2.24) is 0 Å². The maximum absolute atomic E-state index is 11.4. The first-order valence-electron chi connectivity index (χ1n) is 4.95. The Balaban J connectivity index is 4.07. The molecule has 0 spiro atoms. The lowest BCUT2D eigenvalue weighted by Gasteiger charge is -2.21. The van der Waals surface area contributed by atoms with Crippen molar-refractivity contribution < 1.29 is 19.1 Å². The smallest absolute Gasteiger partial charge is 0.323 e. The quantitative estimate of drug-likeness (QED) is 0.315. The number of nitrogens with zero attached hydrogens (tertiary/aromatic N) is 2. The summed E-state index contributed by atoms with van der Waals surface area (Å²) in [5.74, 6) is -0.928. The number of carbonyl (C=O) groups is 2. The molecule has 6 heteroatoms. The minimum Gasteiger partial charge on any atom is -0.459 e. The third kappa shape index (κ3) is 6.86. The van der Waals surface area contributed by atoms with Crippen LogP contribution in [0.5, 0.6) is 0 Å². The number of rotatable bonds is 5. The average Bonchev–Trinajstić information content (AvgIpc) is 2.11. The van der Waals surface area contributed by atoms with Crippen LogP contribution in [0.2, 0.25) is 0 Å². The molecular formula is C10H17N3O3. The lowest BCUT2D eigenvalue weighted by atomic mass is 10.1. The van der Waals surface area contributed by atoms with Gasteiger partial charge in [-0.1, -0.05) is 0 Å². The molecule has 1 atom stereocenters. The molecule has 0 bridgehead atoms. The molecule has 0 aliphatic carbocycles. The van der Waals surface area contributed by atoms with Gasteiger partial charge in [-0.3, -0.25) is 9.59 Å². The molecule has 0 aliphatic heterocycles. The lowest BCUT2D eigenvalue weighted by Crippen LogP contribution is -2.37. The van der Waals surface area contributed by atoms with Gasteiger partial charge in [-0.15, -0.1) is 0 Å². The first-order chi connectivity index (χ1) is 7.26. The van der Waals surface area contributed by atoms with E-state index in [-0.39, 0.29) is 18.6 Å². The van der Waals surface area contributed by atoms with Gasteiger partial charge in [-0.05, 0) is 27.2 Å². The molecule has 0 rings (SSSR count). The molecule has 0 unspecified atom stereocenters. The monoisotopic (exact) mass is 227 g/mol. The van der Waals surface area contributed by atoms with Crippen LogP contribution < -0.4 is 5.73 Å². The number of Topliss-reactive ketones (excluding diaryl/α,β-unsaturated/α-hetero) is 1. The molecule has 0 heterocycles. The van der Waals surface area contributed by atoms with Crippen LogP contribution in [0.25, 0.3) is 5.53 Å². The fraction of sp³-hybridized carbons (Fsp3) is 0.700. The zero-order chi connectivity index (χ0) is 12.8. The van der Waals surface area contributed by atoms with Crippen molar-refractivity contribution >= 4 is 18.0 Å². The molecule has 0 radical (unpaired) electrons. The lowest BCUT2D eigenvalue weighted by molar-refractivity contribution is -0.156. The number of nitrogens with two attached hydrogens (primary N) is 1. The molecule has 0 aromatic heterocycles. The Kier molecular flexibility index (Phi) is 5.56. The second-order valence-electron chi connectivity index (χ2n) is 4.39. The Morgan fingerprint density at radius 1 is 1.50 bits per heavy atom. The molecule has 0 aromatic rings. The van der Waals surface area contributed by atoms with Crippen molar-refractivity contribution in [3.63, 3.8) is 0 Å². The molecule has 90 valence electrons. The van der Waals surface area contributed by atoms with Gasteiger partial charge in [-0.25, -0.2) is 0 Å². The zero-order valence-corrected chi connectivity index (χ0v) is 9.77. The van der Waals surface area contributed by atoms with Crippen LogP contribution in [-0.4, -0.2) is 34.4 Å². The molecule has 0 saturated heterocycles. The minimum atomic E-state index is -0.838. The molecule has 0 aromatic carbocycles. The number of hydrogen-bond donors (Lipinski definition) is 1. The summed E-state index contributed by atoms with van der Waals surface area (Å²) in [5.41, 5.74) is 13.0. The van der Waals surface area contributed by atoms with E-state index in [1.54, 1.807) is 20.8 Å². The van der Waals surface area contributed by atoms with Crippen LogP contribution in [0.1, 0.15) is 33.6 Å². The van der Waals surface area contributed by atoms with Gasteiger partial charge in [0.25, 0.3) is 0 Å². The molecule has 0 saturated carbocycles. The summed E-state index contributed by atoms with van der Waals surface area (Å²) in [7, 11) is 0. The van der Waals surface area contributed by atoms with E-state index < -0.39 is 17.6 Å². The maximum atomic E-state index is 11.4. The largest absolute Gasteiger partial charge is 0.459 e. The van der Waals surface area contributed by atoms with Gasteiger partial charge in [0.05, 0.1) is 0 Å². The topological polar surface area (TPSA) is 106 Å². The second-order valence-corrected chi connectivity index (χ2v) is 4.39. The van der Waals surface area contributed by atoms with Gasteiger partial charge in [0.1, 0.15) is 11.6 Å². The van der Waals surface area contributed by atoms with Crippen molar-refractivity contribution in [1.29, 1.82) is 0 Å². The highest BCUT2D eigenvalue weighted by atomic mass is 16.6.